The van der Waals surface area contributed by atoms with E-state index in [9.17, 15) is 4.79 Å². The predicted molar refractivity (Wildman–Crippen MR) is 103 cm³/mol. The fraction of sp³-hybridized carbons (Fsp3) is 0.167. The molecule has 26 heavy (non-hydrogen) atoms. The molecule has 0 atom stereocenters. The highest BCUT2D eigenvalue weighted by atomic mass is 35.5. The third-order valence-electron chi connectivity index (χ3n) is 3.57. The van der Waals surface area contributed by atoms with Crippen molar-refractivity contribution in [1.29, 1.82) is 0 Å². The molecule has 1 amide bonds. The number of carbonyl (C=O) groups is 1. The molecule has 0 aliphatic carbocycles. The van der Waals surface area contributed by atoms with E-state index in [-0.39, 0.29) is 11.7 Å². The third-order valence-corrected chi connectivity index (χ3v) is 4.73. The summed E-state index contributed by atoms with van der Waals surface area (Å²) >= 11 is 7.38. The number of benzene rings is 2. The van der Waals surface area contributed by atoms with Crippen LogP contribution >= 0.6 is 23.4 Å². The van der Waals surface area contributed by atoms with Crippen LogP contribution in [0.25, 0.3) is 5.69 Å². The van der Waals surface area contributed by atoms with Gasteiger partial charge in [0.1, 0.15) is 11.6 Å². The Morgan fingerprint density at radius 1 is 1.23 bits per heavy atom. The lowest BCUT2D eigenvalue weighted by atomic mass is 10.3. The summed E-state index contributed by atoms with van der Waals surface area (Å²) in [5.74, 6) is 1.55. The number of thioether (sulfide) groups is 1. The van der Waals surface area contributed by atoms with Gasteiger partial charge in [0.25, 0.3) is 0 Å². The minimum Gasteiger partial charge on any atom is -0.497 e. The summed E-state index contributed by atoms with van der Waals surface area (Å²) in [7, 11) is 1.60. The van der Waals surface area contributed by atoms with Crippen molar-refractivity contribution in [1.82, 2.24) is 14.8 Å². The average Bonchev–Trinajstić information content (AvgIpc) is 3.01. The van der Waals surface area contributed by atoms with Gasteiger partial charge in [-0.15, -0.1) is 10.2 Å². The van der Waals surface area contributed by atoms with E-state index >= 15 is 0 Å². The van der Waals surface area contributed by atoms with Gasteiger partial charge in [-0.05, 0) is 49.4 Å². The number of aromatic nitrogens is 3. The van der Waals surface area contributed by atoms with E-state index in [0.717, 1.165) is 17.3 Å². The van der Waals surface area contributed by atoms with Crippen molar-refractivity contribution in [3.8, 4) is 11.4 Å². The molecule has 0 bridgehead atoms. The van der Waals surface area contributed by atoms with Gasteiger partial charge < -0.3 is 10.1 Å². The topological polar surface area (TPSA) is 69.0 Å². The quantitative estimate of drug-likeness (QED) is 0.647. The SMILES string of the molecule is COc1ccc(NC(=O)CSc2nnc(C)n2-c2cccc(Cl)c2)cc1. The number of halogens is 1. The number of amides is 1. The summed E-state index contributed by atoms with van der Waals surface area (Å²) in [6.07, 6.45) is 0. The number of nitrogens with one attached hydrogen (secondary N) is 1. The molecule has 0 aliphatic rings. The van der Waals surface area contributed by atoms with Crippen molar-refractivity contribution in [3.05, 3.63) is 59.4 Å². The molecule has 2 aromatic carbocycles. The van der Waals surface area contributed by atoms with Gasteiger partial charge in [-0.1, -0.05) is 29.4 Å². The Bertz CT molecular complexity index is 912. The molecular weight excluding hydrogens is 372 g/mol. The zero-order valence-electron chi connectivity index (χ0n) is 14.3. The van der Waals surface area contributed by atoms with Crippen LogP contribution in [-0.4, -0.2) is 33.5 Å². The number of hydrogen-bond acceptors (Lipinski definition) is 5. The van der Waals surface area contributed by atoms with Crippen LogP contribution < -0.4 is 10.1 Å². The molecule has 1 aromatic heterocycles. The molecule has 0 spiro atoms. The van der Waals surface area contributed by atoms with E-state index in [0.29, 0.717) is 15.9 Å². The summed E-state index contributed by atoms with van der Waals surface area (Å²) in [6.45, 7) is 1.86. The minimum absolute atomic E-state index is 0.126. The first kappa shape index (κ1) is 18.3. The normalized spacial score (nSPS) is 10.6. The maximum atomic E-state index is 12.2. The highest BCUT2D eigenvalue weighted by Crippen LogP contribution is 2.24. The molecule has 3 rings (SSSR count). The lowest BCUT2D eigenvalue weighted by Crippen LogP contribution is -2.14. The molecule has 3 aromatic rings. The third kappa shape index (κ3) is 4.36. The highest BCUT2D eigenvalue weighted by Gasteiger charge is 2.13. The van der Waals surface area contributed by atoms with Crippen LogP contribution in [-0.2, 0) is 4.79 Å². The van der Waals surface area contributed by atoms with Gasteiger partial charge in [0, 0.05) is 10.7 Å². The second-order valence-electron chi connectivity index (χ2n) is 5.41. The Labute approximate surface area is 160 Å². The lowest BCUT2D eigenvalue weighted by Gasteiger charge is -2.09. The van der Waals surface area contributed by atoms with Crippen LogP contribution in [0.2, 0.25) is 5.02 Å². The summed E-state index contributed by atoms with van der Waals surface area (Å²) in [5, 5.41) is 12.4. The van der Waals surface area contributed by atoms with E-state index in [4.69, 9.17) is 16.3 Å². The van der Waals surface area contributed by atoms with Gasteiger partial charge in [0.05, 0.1) is 18.6 Å². The first-order chi connectivity index (χ1) is 12.6. The zero-order chi connectivity index (χ0) is 18.5. The van der Waals surface area contributed by atoms with Gasteiger partial charge in [0.2, 0.25) is 5.91 Å². The highest BCUT2D eigenvalue weighted by molar-refractivity contribution is 7.99. The summed E-state index contributed by atoms with van der Waals surface area (Å²) in [6, 6.07) is 14.6. The molecule has 1 heterocycles. The van der Waals surface area contributed by atoms with Crippen molar-refractivity contribution in [2.24, 2.45) is 0 Å². The number of aryl methyl sites for hydroxylation is 1. The van der Waals surface area contributed by atoms with Gasteiger partial charge >= 0.3 is 0 Å². The van der Waals surface area contributed by atoms with Gasteiger partial charge in [0.15, 0.2) is 5.16 Å². The van der Waals surface area contributed by atoms with Crippen molar-refractivity contribution < 1.29 is 9.53 Å². The number of hydrogen-bond donors (Lipinski definition) is 1. The largest absolute Gasteiger partial charge is 0.497 e. The Morgan fingerprint density at radius 2 is 2.00 bits per heavy atom. The Morgan fingerprint density at radius 3 is 2.69 bits per heavy atom. The molecule has 0 saturated heterocycles. The molecule has 1 N–H and O–H groups in total. The second kappa shape index (κ2) is 8.25. The van der Waals surface area contributed by atoms with Crippen molar-refractivity contribution in [2.75, 3.05) is 18.2 Å². The fourth-order valence-corrected chi connectivity index (χ4v) is 3.33. The smallest absolute Gasteiger partial charge is 0.234 e. The number of rotatable bonds is 6. The standard InChI is InChI=1S/C18H17ClN4O2S/c1-12-21-22-18(23(12)15-5-3-4-13(19)10-15)26-11-17(24)20-14-6-8-16(25-2)9-7-14/h3-10H,11H2,1-2H3,(H,20,24). The summed E-state index contributed by atoms with van der Waals surface area (Å²) in [5.41, 5.74) is 1.57. The van der Waals surface area contributed by atoms with Crippen LogP contribution in [0.5, 0.6) is 5.75 Å². The molecule has 0 unspecified atom stereocenters. The molecule has 0 fully saturated rings. The van der Waals surface area contributed by atoms with Gasteiger partial charge in [-0.2, -0.15) is 0 Å². The van der Waals surface area contributed by atoms with Crippen molar-refractivity contribution in [3.63, 3.8) is 0 Å². The van der Waals surface area contributed by atoms with Crippen molar-refractivity contribution in [2.45, 2.75) is 12.1 Å². The fourth-order valence-electron chi connectivity index (χ4n) is 2.35. The number of carbonyl (C=O) groups excluding carboxylic acids is 1. The summed E-state index contributed by atoms with van der Waals surface area (Å²) < 4.78 is 6.97. The Kier molecular flexibility index (Phi) is 5.80. The Balaban J connectivity index is 1.67. The van der Waals surface area contributed by atoms with Crippen LogP contribution in [0.1, 0.15) is 5.82 Å². The minimum atomic E-state index is -0.126. The zero-order valence-corrected chi connectivity index (χ0v) is 15.8. The molecule has 8 heteroatoms. The van der Waals surface area contributed by atoms with Crippen LogP contribution in [0.4, 0.5) is 5.69 Å². The average molecular weight is 389 g/mol. The first-order valence-electron chi connectivity index (χ1n) is 7.81. The molecule has 6 nitrogen and oxygen atoms in total. The molecule has 0 radical (unpaired) electrons. The predicted octanol–water partition coefficient (Wildman–Crippen LogP) is 3.97. The van der Waals surface area contributed by atoms with Crippen molar-refractivity contribution >= 4 is 35.0 Å². The maximum absolute atomic E-state index is 12.2. The van der Waals surface area contributed by atoms with E-state index in [1.54, 1.807) is 37.4 Å². The van der Waals surface area contributed by atoms with E-state index in [1.165, 1.54) is 11.8 Å². The Hall–Kier alpha value is -2.51. The van der Waals surface area contributed by atoms with E-state index in [1.807, 2.05) is 29.7 Å². The second-order valence-corrected chi connectivity index (χ2v) is 6.79. The van der Waals surface area contributed by atoms with Crippen LogP contribution in [0.3, 0.4) is 0 Å². The first-order valence-corrected chi connectivity index (χ1v) is 9.18. The number of anilines is 1. The molecule has 0 aliphatic heterocycles. The van der Waals surface area contributed by atoms with Gasteiger partial charge in [-0.25, -0.2) is 0 Å². The number of ether oxygens (including phenoxy) is 1. The maximum Gasteiger partial charge on any atom is 0.234 e. The monoisotopic (exact) mass is 388 g/mol. The molecular formula is C18H17ClN4O2S. The van der Waals surface area contributed by atoms with E-state index in [2.05, 4.69) is 15.5 Å². The lowest BCUT2D eigenvalue weighted by molar-refractivity contribution is -0.113. The molecule has 0 saturated carbocycles. The number of methoxy groups -OCH3 is 1. The van der Waals surface area contributed by atoms with Gasteiger partial charge in [-0.3, -0.25) is 9.36 Å². The van der Waals surface area contributed by atoms with Crippen LogP contribution in [0, 0.1) is 6.92 Å². The molecule has 134 valence electrons. The van der Waals surface area contributed by atoms with Crippen LogP contribution in [0.15, 0.2) is 53.7 Å². The summed E-state index contributed by atoms with van der Waals surface area (Å²) in [4.78, 5) is 12.2. The number of nitrogens with zero attached hydrogens (tertiary/aromatic N) is 3. The van der Waals surface area contributed by atoms with E-state index < -0.39 is 0 Å².